The molecule has 1 aliphatic heterocycles. The largest absolute Gasteiger partial charge is 0.372 e. The molecule has 2 rings (SSSR count). The highest BCUT2D eigenvalue weighted by atomic mass is 19.1. The van der Waals surface area contributed by atoms with E-state index in [1.54, 1.807) is 32.8 Å². The lowest BCUT2D eigenvalue weighted by Gasteiger charge is -2.44. The number of hydrogen-bond acceptors (Lipinski definition) is 4. The first-order valence-corrected chi connectivity index (χ1v) is 6.70. The van der Waals surface area contributed by atoms with Gasteiger partial charge in [-0.1, -0.05) is 0 Å². The van der Waals surface area contributed by atoms with Gasteiger partial charge in [-0.3, -0.25) is 9.59 Å². The number of aromatic nitrogens is 1. The molecule has 7 heteroatoms. The molecule has 0 radical (unpaired) electrons. The number of amides is 2. The van der Waals surface area contributed by atoms with E-state index in [1.165, 1.54) is 4.90 Å². The van der Waals surface area contributed by atoms with E-state index in [2.05, 4.69) is 10.3 Å². The van der Waals surface area contributed by atoms with Crippen molar-refractivity contribution in [1.82, 2.24) is 14.8 Å². The van der Waals surface area contributed by atoms with E-state index in [4.69, 9.17) is 0 Å². The Labute approximate surface area is 122 Å². The zero-order valence-corrected chi connectivity index (χ0v) is 12.6. The summed E-state index contributed by atoms with van der Waals surface area (Å²) in [7, 11) is 3.31. The molecule has 2 amide bonds. The second kappa shape index (κ2) is 5.31. The maximum Gasteiger partial charge on any atom is 0.258 e. The average molecular weight is 294 g/mol. The summed E-state index contributed by atoms with van der Waals surface area (Å²) in [4.78, 5) is 31.9. The van der Waals surface area contributed by atoms with E-state index in [-0.39, 0.29) is 11.5 Å². The molecule has 6 nitrogen and oxygen atoms in total. The lowest BCUT2D eigenvalue weighted by atomic mass is 9.96. The van der Waals surface area contributed by atoms with Gasteiger partial charge in [0, 0.05) is 27.2 Å². The van der Waals surface area contributed by atoms with Crippen LogP contribution in [0, 0.1) is 5.82 Å². The van der Waals surface area contributed by atoms with Gasteiger partial charge in [0.15, 0.2) is 0 Å². The molecule has 1 aromatic heterocycles. The number of halogens is 1. The summed E-state index contributed by atoms with van der Waals surface area (Å²) in [6, 6.07) is 1.14. The van der Waals surface area contributed by atoms with E-state index in [9.17, 15) is 14.0 Å². The summed E-state index contributed by atoms with van der Waals surface area (Å²) in [5, 5.41) is 2.77. The molecule has 1 fully saturated rings. The molecule has 1 saturated heterocycles. The number of piperazine rings is 1. The number of rotatable bonds is 2. The Morgan fingerprint density at radius 3 is 2.71 bits per heavy atom. The monoisotopic (exact) mass is 294 g/mol. The molecular weight excluding hydrogens is 275 g/mol. The number of nitrogens with one attached hydrogen (secondary N) is 1. The number of anilines is 1. The minimum Gasteiger partial charge on any atom is -0.372 e. The summed E-state index contributed by atoms with van der Waals surface area (Å²) >= 11 is 0. The fourth-order valence-corrected chi connectivity index (χ4v) is 2.52. The van der Waals surface area contributed by atoms with Crippen LogP contribution in [0.15, 0.2) is 12.3 Å². The molecular formula is C14H19FN4O2. The molecule has 0 atom stereocenters. The van der Waals surface area contributed by atoms with Crippen LogP contribution < -0.4 is 5.32 Å². The molecule has 0 aliphatic carbocycles. The van der Waals surface area contributed by atoms with Crippen LogP contribution in [0.25, 0.3) is 0 Å². The Bertz CT molecular complexity index is 588. The highest BCUT2D eigenvalue weighted by Gasteiger charge is 2.43. The third-order valence-electron chi connectivity index (χ3n) is 3.77. The van der Waals surface area contributed by atoms with Gasteiger partial charge in [0.25, 0.3) is 5.91 Å². The van der Waals surface area contributed by atoms with E-state index < -0.39 is 17.3 Å². The Kier molecular flexibility index (Phi) is 3.85. The van der Waals surface area contributed by atoms with Crippen molar-refractivity contribution < 1.29 is 14.0 Å². The number of carbonyl (C=O) groups is 2. The highest BCUT2D eigenvalue weighted by molar-refractivity contribution is 6.02. The Morgan fingerprint density at radius 1 is 1.43 bits per heavy atom. The van der Waals surface area contributed by atoms with Crippen LogP contribution in [0.2, 0.25) is 0 Å². The van der Waals surface area contributed by atoms with Gasteiger partial charge in [-0.2, -0.15) is 0 Å². The van der Waals surface area contributed by atoms with Gasteiger partial charge in [-0.15, -0.1) is 0 Å². The van der Waals surface area contributed by atoms with Crippen molar-refractivity contribution in [2.24, 2.45) is 0 Å². The van der Waals surface area contributed by atoms with Gasteiger partial charge >= 0.3 is 0 Å². The molecule has 1 N–H and O–H groups in total. The SMILES string of the molecule is CNc1ncc(F)cc1C(=O)N1CCN(C)C(=O)C1(C)C. The van der Waals surface area contributed by atoms with Crippen LogP contribution in [0.3, 0.4) is 0 Å². The molecule has 1 aliphatic rings. The van der Waals surface area contributed by atoms with Crippen molar-refractivity contribution in [1.29, 1.82) is 0 Å². The fraction of sp³-hybridized carbons (Fsp3) is 0.500. The molecule has 114 valence electrons. The van der Waals surface area contributed by atoms with Crippen LogP contribution in [0.5, 0.6) is 0 Å². The van der Waals surface area contributed by atoms with Crippen LogP contribution >= 0.6 is 0 Å². The van der Waals surface area contributed by atoms with Gasteiger partial charge in [-0.05, 0) is 19.9 Å². The van der Waals surface area contributed by atoms with E-state index in [0.29, 0.717) is 18.9 Å². The molecule has 0 saturated carbocycles. The predicted molar refractivity (Wildman–Crippen MR) is 76.5 cm³/mol. The maximum absolute atomic E-state index is 13.4. The number of likely N-dealkylation sites (N-methyl/N-ethyl adjacent to an activating group) is 1. The second-order valence-corrected chi connectivity index (χ2v) is 5.54. The molecule has 1 aromatic rings. The van der Waals surface area contributed by atoms with Crippen molar-refractivity contribution in [3.63, 3.8) is 0 Å². The molecule has 0 aromatic carbocycles. The quantitative estimate of drug-likeness (QED) is 0.882. The van der Waals surface area contributed by atoms with Gasteiger partial charge in [0.2, 0.25) is 5.91 Å². The lowest BCUT2D eigenvalue weighted by molar-refractivity contribution is -0.144. The van der Waals surface area contributed by atoms with E-state index in [1.807, 2.05) is 0 Å². The van der Waals surface area contributed by atoms with Crippen molar-refractivity contribution in [2.75, 3.05) is 32.5 Å². The Hall–Kier alpha value is -2.18. The van der Waals surface area contributed by atoms with Crippen molar-refractivity contribution >= 4 is 17.6 Å². The van der Waals surface area contributed by atoms with Crippen LogP contribution in [0.4, 0.5) is 10.2 Å². The van der Waals surface area contributed by atoms with Gasteiger partial charge in [0.1, 0.15) is 17.2 Å². The number of hydrogen-bond donors (Lipinski definition) is 1. The van der Waals surface area contributed by atoms with Crippen molar-refractivity contribution in [3.05, 3.63) is 23.6 Å². The van der Waals surface area contributed by atoms with Crippen LogP contribution in [-0.2, 0) is 4.79 Å². The minimum atomic E-state index is -0.971. The van der Waals surface area contributed by atoms with Crippen molar-refractivity contribution in [2.45, 2.75) is 19.4 Å². The van der Waals surface area contributed by atoms with E-state index in [0.717, 1.165) is 12.3 Å². The summed E-state index contributed by atoms with van der Waals surface area (Å²) in [5.74, 6) is -0.838. The smallest absolute Gasteiger partial charge is 0.258 e. The molecule has 21 heavy (non-hydrogen) atoms. The zero-order valence-electron chi connectivity index (χ0n) is 12.6. The van der Waals surface area contributed by atoms with Gasteiger partial charge in [0.05, 0.1) is 11.8 Å². The third-order valence-corrected chi connectivity index (χ3v) is 3.77. The molecule has 0 unspecified atom stereocenters. The summed E-state index contributed by atoms with van der Waals surface area (Å²) < 4.78 is 13.4. The molecule has 0 bridgehead atoms. The Balaban J connectivity index is 2.40. The Morgan fingerprint density at radius 2 is 2.10 bits per heavy atom. The zero-order chi connectivity index (χ0) is 15.8. The summed E-state index contributed by atoms with van der Waals surface area (Å²) in [6.45, 7) is 4.22. The van der Waals surface area contributed by atoms with Crippen molar-refractivity contribution in [3.8, 4) is 0 Å². The fourth-order valence-electron chi connectivity index (χ4n) is 2.52. The predicted octanol–water partition coefficient (Wildman–Crippen LogP) is 0.955. The first kappa shape index (κ1) is 15.2. The second-order valence-electron chi connectivity index (χ2n) is 5.54. The van der Waals surface area contributed by atoms with Crippen LogP contribution in [-0.4, -0.2) is 59.3 Å². The van der Waals surface area contributed by atoms with Gasteiger partial charge in [-0.25, -0.2) is 9.37 Å². The van der Waals surface area contributed by atoms with Gasteiger partial charge < -0.3 is 15.1 Å². The highest BCUT2D eigenvalue weighted by Crippen LogP contribution is 2.26. The topological polar surface area (TPSA) is 65.5 Å². The summed E-state index contributed by atoms with van der Waals surface area (Å²) in [6.07, 6.45) is 1.04. The maximum atomic E-state index is 13.4. The third kappa shape index (κ3) is 2.55. The van der Waals surface area contributed by atoms with E-state index >= 15 is 0 Å². The lowest BCUT2D eigenvalue weighted by Crippen LogP contribution is -2.63. The first-order chi connectivity index (χ1) is 9.78. The first-order valence-electron chi connectivity index (χ1n) is 6.70. The normalized spacial score (nSPS) is 17.9. The number of nitrogens with zero attached hydrogens (tertiary/aromatic N) is 3. The molecule has 2 heterocycles. The number of pyridine rings is 1. The summed E-state index contributed by atoms with van der Waals surface area (Å²) in [5.41, 5.74) is -0.843. The standard InChI is InChI=1S/C14H19FN4O2/c1-14(2)13(21)18(4)5-6-19(14)12(20)10-7-9(15)8-17-11(10)16-3/h7-8H,5-6H2,1-4H3,(H,16,17). The molecule has 0 spiro atoms. The average Bonchev–Trinajstić information content (AvgIpc) is 2.44. The minimum absolute atomic E-state index is 0.128. The van der Waals surface area contributed by atoms with Crippen LogP contribution in [0.1, 0.15) is 24.2 Å². The number of carbonyl (C=O) groups excluding carboxylic acids is 2.